The molecule has 3 N–H and O–H groups in total. The molecular formula is C22H24N6OS2. The van der Waals surface area contributed by atoms with Crippen LogP contribution in [0.4, 0.5) is 0 Å². The van der Waals surface area contributed by atoms with Gasteiger partial charge >= 0.3 is 0 Å². The maximum absolute atomic E-state index is 12.9. The Morgan fingerprint density at radius 2 is 2.06 bits per heavy atom. The van der Waals surface area contributed by atoms with Crippen molar-refractivity contribution < 1.29 is 0 Å². The van der Waals surface area contributed by atoms with E-state index in [0.717, 1.165) is 35.0 Å². The van der Waals surface area contributed by atoms with E-state index in [0.29, 0.717) is 22.7 Å². The molecule has 0 amide bonds. The number of aromatic amines is 1. The molecule has 0 radical (unpaired) electrons. The molecule has 1 aliphatic rings. The first-order valence-corrected chi connectivity index (χ1v) is 12.1. The number of hydrogen-bond acceptors (Lipinski definition) is 7. The van der Waals surface area contributed by atoms with Crippen molar-refractivity contribution in [2.75, 3.05) is 5.84 Å². The van der Waals surface area contributed by atoms with Crippen molar-refractivity contribution in [2.24, 2.45) is 5.92 Å². The second-order valence-electron chi connectivity index (χ2n) is 8.29. The van der Waals surface area contributed by atoms with Crippen molar-refractivity contribution in [3.8, 4) is 11.4 Å². The van der Waals surface area contributed by atoms with E-state index in [9.17, 15) is 4.79 Å². The molecule has 2 atom stereocenters. The molecule has 1 aromatic carbocycles. The second kappa shape index (κ2) is 7.80. The van der Waals surface area contributed by atoms with Crippen molar-refractivity contribution in [1.82, 2.24) is 24.8 Å². The van der Waals surface area contributed by atoms with Gasteiger partial charge in [0.2, 0.25) is 5.16 Å². The van der Waals surface area contributed by atoms with E-state index in [1.807, 2.05) is 38.1 Å². The van der Waals surface area contributed by atoms with Crippen LogP contribution in [0.25, 0.3) is 21.6 Å². The largest absolute Gasteiger partial charge is 0.335 e. The minimum atomic E-state index is -0.132. The van der Waals surface area contributed by atoms with Gasteiger partial charge in [0, 0.05) is 10.4 Å². The number of thioether (sulfide) groups is 1. The van der Waals surface area contributed by atoms with Gasteiger partial charge in [-0.05, 0) is 44.6 Å². The van der Waals surface area contributed by atoms with E-state index in [2.05, 4.69) is 22.1 Å². The highest BCUT2D eigenvalue weighted by atomic mass is 32.2. The number of nitrogens with zero attached hydrogens (tertiary/aromatic N) is 4. The van der Waals surface area contributed by atoms with E-state index in [4.69, 9.17) is 10.8 Å². The Labute approximate surface area is 188 Å². The van der Waals surface area contributed by atoms with Crippen LogP contribution in [0.1, 0.15) is 47.3 Å². The van der Waals surface area contributed by atoms with Crippen molar-refractivity contribution in [2.45, 2.75) is 50.4 Å². The fourth-order valence-electron chi connectivity index (χ4n) is 4.03. The monoisotopic (exact) mass is 452 g/mol. The van der Waals surface area contributed by atoms with Gasteiger partial charge in [0.1, 0.15) is 10.7 Å². The van der Waals surface area contributed by atoms with E-state index in [1.165, 1.54) is 32.4 Å². The fourth-order valence-corrected chi connectivity index (χ4v) is 6.25. The zero-order chi connectivity index (χ0) is 21.7. The summed E-state index contributed by atoms with van der Waals surface area (Å²) in [5.41, 5.74) is 3.23. The molecule has 9 heteroatoms. The molecule has 7 nitrogen and oxygen atoms in total. The van der Waals surface area contributed by atoms with Crippen LogP contribution in [-0.2, 0) is 12.8 Å². The molecule has 4 aromatic rings. The van der Waals surface area contributed by atoms with E-state index in [-0.39, 0.29) is 10.8 Å². The Balaban J connectivity index is 1.44. The first kappa shape index (κ1) is 20.3. The highest BCUT2D eigenvalue weighted by molar-refractivity contribution is 7.99. The predicted octanol–water partition coefficient (Wildman–Crippen LogP) is 4.24. The third kappa shape index (κ3) is 3.65. The Kier molecular flexibility index (Phi) is 5.10. The van der Waals surface area contributed by atoms with Crippen LogP contribution in [0.2, 0.25) is 0 Å². The lowest BCUT2D eigenvalue weighted by Gasteiger charge is -2.17. The lowest BCUT2D eigenvalue weighted by Crippen LogP contribution is -2.16. The number of thiophene rings is 1. The summed E-state index contributed by atoms with van der Waals surface area (Å²) in [5, 5.41) is 9.73. The lowest BCUT2D eigenvalue weighted by molar-refractivity contribution is 0.509. The number of nitrogens with one attached hydrogen (secondary N) is 1. The van der Waals surface area contributed by atoms with Crippen LogP contribution < -0.4 is 11.4 Å². The van der Waals surface area contributed by atoms with Gasteiger partial charge in [0.05, 0.1) is 10.6 Å². The minimum Gasteiger partial charge on any atom is -0.335 e. The van der Waals surface area contributed by atoms with Crippen LogP contribution in [0, 0.1) is 12.8 Å². The summed E-state index contributed by atoms with van der Waals surface area (Å²) in [7, 11) is 0. The van der Waals surface area contributed by atoms with Gasteiger partial charge in [-0.25, -0.2) is 9.66 Å². The van der Waals surface area contributed by atoms with Gasteiger partial charge in [-0.1, -0.05) is 48.5 Å². The van der Waals surface area contributed by atoms with Crippen LogP contribution in [0.15, 0.2) is 34.2 Å². The Morgan fingerprint density at radius 1 is 1.29 bits per heavy atom. The van der Waals surface area contributed by atoms with Crippen molar-refractivity contribution >= 4 is 33.3 Å². The molecule has 0 saturated carbocycles. The molecule has 2 unspecified atom stereocenters. The van der Waals surface area contributed by atoms with Gasteiger partial charge in [0.25, 0.3) is 5.56 Å². The van der Waals surface area contributed by atoms with Crippen molar-refractivity contribution in [3.63, 3.8) is 0 Å². The molecule has 3 aromatic heterocycles. The summed E-state index contributed by atoms with van der Waals surface area (Å²) in [6, 6.07) is 8.00. The summed E-state index contributed by atoms with van der Waals surface area (Å²) in [4.78, 5) is 22.9. The molecule has 0 fully saturated rings. The van der Waals surface area contributed by atoms with Gasteiger partial charge in [0.15, 0.2) is 5.82 Å². The quantitative estimate of drug-likeness (QED) is 0.355. The minimum absolute atomic E-state index is 0.0472. The van der Waals surface area contributed by atoms with Crippen LogP contribution in [0.5, 0.6) is 0 Å². The number of rotatable bonds is 4. The zero-order valence-electron chi connectivity index (χ0n) is 17.7. The zero-order valence-corrected chi connectivity index (χ0v) is 19.3. The SMILES string of the molecule is Cc1ccc(-c2nnc(SC(C)c3nc4sc5c(c4c(=O)[nH]3)CCC(C)C5)n2N)cc1. The standard InChI is InChI=1S/C22H24N6OS2/c1-11-4-7-14(8-5-11)19-26-27-22(28(19)23)30-13(3)18-24-20(29)17-15-9-6-12(2)10-16(15)31-21(17)25-18/h4-5,7-8,12-13H,6,9-10,23H2,1-3H3,(H,24,25,29). The summed E-state index contributed by atoms with van der Waals surface area (Å²) in [6.07, 6.45) is 3.12. The van der Waals surface area contributed by atoms with Gasteiger partial charge in [-0.2, -0.15) is 0 Å². The molecule has 0 saturated heterocycles. The van der Waals surface area contributed by atoms with Crippen molar-refractivity contribution in [1.29, 1.82) is 0 Å². The summed E-state index contributed by atoms with van der Waals surface area (Å²) in [5.74, 6) is 8.18. The average molecular weight is 453 g/mol. The molecular weight excluding hydrogens is 428 g/mol. The number of aryl methyl sites for hydroxylation is 2. The number of aromatic nitrogens is 5. The maximum Gasteiger partial charge on any atom is 0.259 e. The number of nitrogens with two attached hydrogens (primary N) is 1. The van der Waals surface area contributed by atoms with Crippen LogP contribution >= 0.6 is 23.1 Å². The molecule has 1 aliphatic carbocycles. The van der Waals surface area contributed by atoms with Gasteiger partial charge in [-0.15, -0.1) is 21.5 Å². The Hall–Kier alpha value is -2.65. The number of fused-ring (bicyclic) bond motifs is 3. The van der Waals surface area contributed by atoms with Gasteiger partial charge in [-0.3, -0.25) is 4.79 Å². The third-order valence-electron chi connectivity index (χ3n) is 5.83. The average Bonchev–Trinajstić information content (AvgIpc) is 3.28. The number of benzene rings is 1. The smallest absolute Gasteiger partial charge is 0.259 e. The molecule has 3 heterocycles. The first-order valence-electron chi connectivity index (χ1n) is 10.4. The van der Waals surface area contributed by atoms with E-state index >= 15 is 0 Å². The predicted molar refractivity (Wildman–Crippen MR) is 126 cm³/mol. The summed E-state index contributed by atoms with van der Waals surface area (Å²) < 4.78 is 1.49. The maximum atomic E-state index is 12.9. The molecule has 31 heavy (non-hydrogen) atoms. The first-order chi connectivity index (χ1) is 14.9. The molecule has 0 spiro atoms. The topological polar surface area (TPSA) is 102 Å². The van der Waals surface area contributed by atoms with E-state index in [1.54, 1.807) is 11.3 Å². The molecule has 0 bridgehead atoms. The van der Waals surface area contributed by atoms with Crippen LogP contribution in [-0.4, -0.2) is 24.8 Å². The number of H-pyrrole nitrogens is 1. The fraction of sp³-hybridized carbons (Fsp3) is 0.364. The van der Waals surface area contributed by atoms with Gasteiger partial charge < -0.3 is 10.8 Å². The molecule has 160 valence electrons. The normalized spacial score (nSPS) is 17.1. The number of hydrogen-bond donors (Lipinski definition) is 2. The lowest BCUT2D eigenvalue weighted by atomic mass is 9.89. The summed E-state index contributed by atoms with van der Waals surface area (Å²) in [6.45, 7) is 6.29. The number of nitrogen functional groups attached to an aromatic ring is 1. The highest BCUT2D eigenvalue weighted by Gasteiger charge is 2.24. The van der Waals surface area contributed by atoms with Crippen molar-refractivity contribution in [3.05, 3.63) is 56.4 Å². The highest BCUT2D eigenvalue weighted by Crippen LogP contribution is 2.37. The molecule has 0 aliphatic heterocycles. The molecule has 5 rings (SSSR count). The Morgan fingerprint density at radius 3 is 2.84 bits per heavy atom. The Bertz CT molecular complexity index is 1320. The second-order valence-corrected chi connectivity index (χ2v) is 10.7. The third-order valence-corrected chi connectivity index (χ3v) is 8.04. The van der Waals surface area contributed by atoms with E-state index < -0.39 is 0 Å². The summed E-state index contributed by atoms with van der Waals surface area (Å²) >= 11 is 3.09. The van der Waals surface area contributed by atoms with Crippen LogP contribution in [0.3, 0.4) is 0 Å².